The van der Waals surface area contributed by atoms with E-state index >= 15 is 0 Å². The van der Waals surface area contributed by atoms with Gasteiger partial charge >= 0.3 is 5.97 Å². The molecular weight excluding hydrogens is 459 g/mol. The molecule has 1 unspecified atom stereocenters. The van der Waals surface area contributed by atoms with Crippen molar-refractivity contribution in [2.75, 3.05) is 30.5 Å². The van der Waals surface area contributed by atoms with Gasteiger partial charge in [0.25, 0.3) is 0 Å². The van der Waals surface area contributed by atoms with Crippen molar-refractivity contribution in [1.82, 2.24) is 0 Å². The maximum Gasteiger partial charge on any atom is 0.304 e. The molecule has 2 N–H and O–H groups in total. The topological polar surface area (TPSA) is 78.9 Å². The zero-order valence-corrected chi connectivity index (χ0v) is 21.6. The van der Waals surface area contributed by atoms with Crippen molar-refractivity contribution in [3.63, 3.8) is 0 Å². The molecule has 7 heteroatoms. The molecular formula is C29H39FN2O4. The zero-order valence-electron chi connectivity index (χ0n) is 21.6. The van der Waals surface area contributed by atoms with Crippen LogP contribution in [0.2, 0.25) is 0 Å². The Morgan fingerprint density at radius 1 is 1.14 bits per heavy atom. The maximum absolute atomic E-state index is 14.2. The molecule has 0 bridgehead atoms. The average Bonchev–Trinajstić information content (AvgIpc) is 2.84. The first-order chi connectivity index (χ1) is 17.3. The lowest BCUT2D eigenvalue weighted by atomic mass is 9.91. The number of hydrogen-bond acceptors (Lipinski definition) is 4. The van der Waals surface area contributed by atoms with Gasteiger partial charge in [0.2, 0.25) is 5.91 Å². The summed E-state index contributed by atoms with van der Waals surface area (Å²) in [7, 11) is 1.55. The molecule has 1 amide bonds. The summed E-state index contributed by atoms with van der Waals surface area (Å²) in [5.41, 5.74) is 2.68. The van der Waals surface area contributed by atoms with Gasteiger partial charge in [-0.1, -0.05) is 57.4 Å². The summed E-state index contributed by atoms with van der Waals surface area (Å²) in [5.74, 6) is -1.56. The Morgan fingerprint density at radius 2 is 1.86 bits per heavy atom. The monoisotopic (exact) mass is 498 g/mol. The van der Waals surface area contributed by atoms with Gasteiger partial charge in [-0.25, -0.2) is 4.39 Å². The first kappa shape index (κ1) is 27.7. The Morgan fingerprint density at radius 3 is 2.50 bits per heavy atom. The summed E-state index contributed by atoms with van der Waals surface area (Å²) in [4.78, 5) is 27.0. The van der Waals surface area contributed by atoms with Crippen molar-refractivity contribution in [2.45, 2.75) is 70.8 Å². The minimum atomic E-state index is -0.907. The van der Waals surface area contributed by atoms with Crippen LogP contribution in [0, 0.1) is 11.7 Å². The third kappa shape index (κ3) is 7.79. The van der Waals surface area contributed by atoms with Gasteiger partial charge in [0.1, 0.15) is 5.82 Å². The molecule has 0 aromatic heterocycles. The van der Waals surface area contributed by atoms with Crippen molar-refractivity contribution in [2.24, 2.45) is 5.92 Å². The van der Waals surface area contributed by atoms with Crippen molar-refractivity contribution < 1.29 is 23.8 Å². The van der Waals surface area contributed by atoms with Crippen LogP contribution < -0.4 is 10.2 Å². The molecule has 1 fully saturated rings. The molecule has 0 radical (unpaired) electrons. The Balaban J connectivity index is 1.99. The summed E-state index contributed by atoms with van der Waals surface area (Å²) >= 11 is 0. The lowest BCUT2D eigenvalue weighted by molar-refractivity contribution is -0.137. The molecule has 6 nitrogen and oxygen atoms in total. The number of amides is 1. The van der Waals surface area contributed by atoms with Gasteiger partial charge in [0, 0.05) is 25.6 Å². The van der Waals surface area contributed by atoms with Crippen LogP contribution in [0.15, 0.2) is 42.5 Å². The number of anilines is 2. The van der Waals surface area contributed by atoms with E-state index < -0.39 is 11.8 Å². The van der Waals surface area contributed by atoms with Crippen LogP contribution in [-0.4, -0.2) is 43.3 Å². The normalized spacial score (nSPS) is 15.0. The quantitative estimate of drug-likeness (QED) is 0.375. The third-order valence-electron chi connectivity index (χ3n) is 6.75. The largest absolute Gasteiger partial charge is 0.481 e. The summed E-state index contributed by atoms with van der Waals surface area (Å²) < 4.78 is 19.5. The minimum Gasteiger partial charge on any atom is -0.481 e. The third-order valence-corrected chi connectivity index (χ3v) is 6.75. The van der Waals surface area contributed by atoms with Gasteiger partial charge in [-0.15, -0.1) is 0 Å². The molecule has 36 heavy (non-hydrogen) atoms. The number of carboxylic acids is 1. The Hall–Kier alpha value is -2.93. The van der Waals surface area contributed by atoms with Crippen molar-refractivity contribution in [1.29, 1.82) is 0 Å². The van der Waals surface area contributed by atoms with E-state index in [0.717, 1.165) is 30.6 Å². The molecule has 2 aromatic rings. The number of halogens is 1. The maximum atomic E-state index is 14.2. The number of carboxylic acid groups (broad SMARTS) is 1. The van der Waals surface area contributed by atoms with Crippen LogP contribution in [0.5, 0.6) is 0 Å². The molecule has 0 spiro atoms. The minimum absolute atomic E-state index is 0.0753. The number of methoxy groups -OCH3 is 1. The second-order valence-corrected chi connectivity index (χ2v) is 10.2. The Kier molecular flexibility index (Phi) is 10.3. The molecule has 1 atom stereocenters. The molecule has 0 aliphatic heterocycles. The first-order valence-electron chi connectivity index (χ1n) is 12.9. The van der Waals surface area contributed by atoms with Crippen molar-refractivity contribution >= 4 is 23.3 Å². The summed E-state index contributed by atoms with van der Waals surface area (Å²) in [6, 6.07) is 12.5. The Labute approximate surface area is 213 Å². The zero-order chi connectivity index (χ0) is 26.1. The highest BCUT2D eigenvalue weighted by molar-refractivity contribution is 5.96. The number of aliphatic carboxylic acids is 1. The second kappa shape index (κ2) is 13.4. The first-order valence-corrected chi connectivity index (χ1v) is 12.9. The van der Waals surface area contributed by atoms with E-state index in [2.05, 4.69) is 24.1 Å². The number of rotatable bonds is 12. The lowest BCUT2D eigenvalue weighted by Gasteiger charge is -2.38. The van der Waals surface area contributed by atoms with Crippen molar-refractivity contribution in [3.05, 3.63) is 59.4 Å². The molecule has 2 aromatic carbocycles. The number of carbonyl (C=O) groups is 2. The van der Waals surface area contributed by atoms with Gasteiger partial charge in [-0.3, -0.25) is 9.59 Å². The number of ether oxygens (including phenoxy) is 1. The molecule has 196 valence electrons. The predicted molar refractivity (Wildman–Crippen MR) is 141 cm³/mol. The van der Waals surface area contributed by atoms with Crippen LogP contribution >= 0.6 is 0 Å². The number of nitrogens with one attached hydrogen (secondary N) is 1. The molecule has 0 heterocycles. The van der Waals surface area contributed by atoms with E-state index in [9.17, 15) is 19.1 Å². The summed E-state index contributed by atoms with van der Waals surface area (Å²) in [6.07, 6.45) is 5.65. The SMILES string of the molecule is COCC(CC(=O)O)c1ccc(N(CC(C)C)C2CCCCC2)c(NC(=O)Cc2ccccc2F)c1. The van der Waals surface area contributed by atoms with E-state index in [1.807, 2.05) is 18.2 Å². The van der Waals surface area contributed by atoms with Crippen LogP contribution in [0.25, 0.3) is 0 Å². The Bertz CT molecular complexity index is 1020. The fraction of sp³-hybridized carbons (Fsp3) is 0.517. The highest BCUT2D eigenvalue weighted by atomic mass is 19.1. The molecule has 1 saturated carbocycles. The number of benzene rings is 2. The number of hydrogen-bond donors (Lipinski definition) is 2. The highest BCUT2D eigenvalue weighted by Gasteiger charge is 2.26. The fourth-order valence-corrected chi connectivity index (χ4v) is 5.08. The summed E-state index contributed by atoms with van der Waals surface area (Å²) in [6.45, 7) is 5.47. The van der Waals surface area contributed by atoms with Gasteiger partial charge < -0.3 is 20.1 Å². The van der Waals surface area contributed by atoms with Crippen LogP contribution in [0.4, 0.5) is 15.8 Å². The average molecular weight is 499 g/mol. The number of nitrogens with zero attached hydrogens (tertiary/aromatic N) is 1. The van der Waals surface area contributed by atoms with E-state index in [-0.39, 0.29) is 31.3 Å². The molecule has 1 aliphatic carbocycles. The fourth-order valence-electron chi connectivity index (χ4n) is 5.08. The van der Waals surface area contributed by atoms with E-state index in [4.69, 9.17) is 4.74 Å². The molecule has 1 aliphatic rings. The van der Waals surface area contributed by atoms with E-state index in [1.165, 1.54) is 25.3 Å². The smallest absolute Gasteiger partial charge is 0.304 e. The summed E-state index contributed by atoms with van der Waals surface area (Å²) in [5, 5.41) is 12.5. The van der Waals surface area contributed by atoms with Gasteiger partial charge in [0.15, 0.2) is 0 Å². The van der Waals surface area contributed by atoms with Gasteiger partial charge in [0.05, 0.1) is 30.8 Å². The number of carbonyl (C=O) groups excluding carboxylic acids is 1. The van der Waals surface area contributed by atoms with Crippen LogP contribution in [-0.2, 0) is 20.7 Å². The predicted octanol–water partition coefficient (Wildman–Crippen LogP) is 6.01. The molecule has 0 saturated heterocycles. The highest BCUT2D eigenvalue weighted by Crippen LogP contribution is 2.36. The lowest BCUT2D eigenvalue weighted by Crippen LogP contribution is -2.40. The van der Waals surface area contributed by atoms with Crippen LogP contribution in [0.1, 0.15) is 69.4 Å². The molecule has 3 rings (SSSR count). The van der Waals surface area contributed by atoms with E-state index in [0.29, 0.717) is 23.2 Å². The second-order valence-electron chi connectivity index (χ2n) is 10.2. The van der Waals surface area contributed by atoms with Gasteiger partial charge in [-0.05, 0) is 48.1 Å². The van der Waals surface area contributed by atoms with Crippen LogP contribution in [0.3, 0.4) is 0 Å². The van der Waals surface area contributed by atoms with Crippen molar-refractivity contribution in [3.8, 4) is 0 Å². The van der Waals surface area contributed by atoms with Gasteiger partial charge in [-0.2, -0.15) is 0 Å². The van der Waals surface area contributed by atoms with E-state index in [1.54, 1.807) is 25.3 Å². The standard InChI is InChI=1S/C29H39FN2O4/c1-20(2)18-32(24-10-5-4-6-11-24)27-14-13-21(23(19-36-3)17-29(34)35)15-26(27)31-28(33)16-22-9-7-8-12-25(22)30/h7-9,12-15,20,23-24H,4-6,10-11,16-19H2,1-3H3,(H,31,33)(H,34,35).